The predicted molar refractivity (Wildman–Crippen MR) is 80.1 cm³/mol. The molecule has 0 aliphatic heterocycles. The molecular formula is C15H11F2N5O. The number of hydrogen-bond donors (Lipinski definition) is 2. The van der Waals surface area contributed by atoms with Crippen molar-refractivity contribution in [3.63, 3.8) is 0 Å². The molecule has 0 saturated heterocycles. The fraction of sp³-hybridized carbons (Fsp3) is 0. The number of benzene rings is 2. The van der Waals surface area contributed by atoms with Gasteiger partial charge in [-0.25, -0.2) is 8.78 Å². The van der Waals surface area contributed by atoms with Crippen LogP contribution in [-0.2, 0) is 0 Å². The van der Waals surface area contributed by atoms with E-state index in [9.17, 15) is 13.6 Å². The van der Waals surface area contributed by atoms with Crippen LogP contribution in [0, 0.1) is 11.6 Å². The molecule has 0 unspecified atom stereocenters. The third-order valence-electron chi connectivity index (χ3n) is 3.11. The summed E-state index contributed by atoms with van der Waals surface area (Å²) in [5.74, 6) is -1.72. The maximum atomic E-state index is 13.6. The average molecular weight is 315 g/mol. The summed E-state index contributed by atoms with van der Waals surface area (Å²) >= 11 is 0. The number of nitrogens with zero attached hydrogens (tertiary/aromatic N) is 3. The van der Waals surface area contributed by atoms with Gasteiger partial charge < -0.3 is 11.1 Å². The third-order valence-corrected chi connectivity index (χ3v) is 3.11. The summed E-state index contributed by atoms with van der Waals surface area (Å²) in [6.45, 7) is 0. The number of halogens is 2. The lowest BCUT2D eigenvalue weighted by Gasteiger charge is -2.05. The number of para-hydroxylation sites is 1. The Morgan fingerprint density at radius 2 is 1.78 bits per heavy atom. The van der Waals surface area contributed by atoms with E-state index in [1.807, 2.05) is 0 Å². The van der Waals surface area contributed by atoms with Crippen LogP contribution in [0.1, 0.15) is 10.5 Å². The van der Waals surface area contributed by atoms with Crippen LogP contribution < -0.4 is 11.1 Å². The highest BCUT2D eigenvalue weighted by Gasteiger charge is 2.19. The van der Waals surface area contributed by atoms with Crippen molar-refractivity contribution >= 4 is 17.4 Å². The van der Waals surface area contributed by atoms with Crippen molar-refractivity contribution in [1.29, 1.82) is 0 Å². The lowest BCUT2D eigenvalue weighted by Crippen LogP contribution is -2.15. The van der Waals surface area contributed by atoms with Gasteiger partial charge in [-0.15, -0.1) is 5.10 Å². The molecule has 6 nitrogen and oxygen atoms in total. The molecule has 2 aromatic carbocycles. The first kappa shape index (κ1) is 14.6. The largest absolute Gasteiger partial charge is 0.382 e. The zero-order valence-electron chi connectivity index (χ0n) is 11.7. The molecule has 0 saturated carbocycles. The molecule has 8 heteroatoms. The minimum atomic E-state index is -0.694. The molecule has 0 radical (unpaired) electrons. The van der Waals surface area contributed by atoms with Crippen molar-refractivity contribution in [2.45, 2.75) is 0 Å². The molecule has 0 aliphatic rings. The van der Waals surface area contributed by atoms with Gasteiger partial charge in [-0.1, -0.05) is 17.3 Å². The zero-order valence-corrected chi connectivity index (χ0v) is 11.7. The number of amides is 1. The van der Waals surface area contributed by atoms with Crippen molar-refractivity contribution < 1.29 is 13.6 Å². The number of carbonyl (C=O) groups is 1. The predicted octanol–water partition coefficient (Wildman–Crippen LogP) is 2.38. The van der Waals surface area contributed by atoms with E-state index < -0.39 is 17.5 Å². The van der Waals surface area contributed by atoms with E-state index in [0.29, 0.717) is 5.69 Å². The highest BCUT2D eigenvalue weighted by Crippen LogP contribution is 2.18. The van der Waals surface area contributed by atoms with Crippen molar-refractivity contribution in [3.8, 4) is 5.69 Å². The van der Waals surface area contributed by atoms with Crippen LogP contribution in [0.25, 0.3) is 5.69 Å². The Morgan fingerprint density at radius 3 is 2.48 bits per heavy atom. The Kier molecular flexibility index (Phi) is 3.71. The molecule has 1 aromatic heterocycles. The van der Waals surface area contributed by atoms with Gasteiger partial charge in [-0.3, -0.25) is 4.79 Å². The first-order chi connectivity index (χ1) is 11.1. The van der Waals surface area contributed by atoms with Crippen molar-refractivity contribution in [2.75, 3.05) is 11.1 Å². The Morgan fingerprint density at radius 1 is 1.09 bits per heavy atom. The smallest absolute Gasteiger partial charge is 0.280 e. The van der Waals surface area contributed by atoms with E-state index >= 15 is 0 Å². The summed E-state index contributed by atoms with van der Waals surface area (Å²) in [5, 5.41) is 9.84. The van der Waals surface area contributed by atoms with Gasteiger partial charge in [0.15, 0.2) is 11.5 Å². The summed E-state index contributed by atoms with van der Waals surface area (Å²) in [5.41, 5.74) is 6.15. The first-order valence-electron chi connectivity index (χ1n) is 6.59. The molecule has 1 amide bonds. The number of carbonyl (C=O) groups excluding carboxylic acids is 1. The van der Waals surface area contributed by atoms with Gasteiger partial charge in [0.05, 0.1) is 11.4 Å². The number of nitrogens with two attached hydrogens (primary N) is 1. The van der Waals surface area contributed by atoms with Gasteiger partial charge in [-0.2, -0.15) is 4.68 Å². The van der Waals surface area contributed by atoms with Crippen LogP contribution in [0.3, 0.4) is 0 Å². The standard InChI is InChI=1S/C15H11F2N5O/c16-9-5-7-10(8-6-9)22-14(18)13(20-21-22)15(23)19-12-4-2-1-3-11(12)17/h1-8H,18H2,(H,19,23). The summed E-state index contributed by atoms with van der Waals surface area (Å²) in [4.78, 5) is 12.2. The number of hydrogen-bond acceptors (Lipinski definition) is 4. The molecule has 0 bridgehead atoms. The molecule has 3 aromatic rings. The Labute approximate surface area is 129 Å². The van der Waals surface area contributed by atoms with Gasteiger partial charge in [-0.05, 0) is 36.4 Å². The van der Waals surface area contributed by atoms with Crippen LogP contribution in [0.2, 0.25) is 0 Å². The van der Waals surface area contributed by atoms with E-state index in [-0.39, 0.29) is 17.2 Å². The van der Waals surface area contributed by atoms with E-state index in [2.05, 4.69) is 15.6 Å². The lowest BCUT2D eigenvalue weighted by atomic mass is 10.3. The van der Waals surface area contributed by atoms with Gasteiger partial charge >= 0.3 is 0 Å². The zero-order chi connectivity index (χ0) is 16.4. The second-order valence-electron chi connectivity index (χ2n) is 4.65. The number of nitrogen functional groups attached to an aromatic ring is 1. The fourth-order valence-corrected chi connectivity index (χ4v) is 1.97. The van der Waals surface area contributed by atoms with Crippen molar-refractivity contribution in [1.82, 2.24) is 15.0 Å². The van der Waals surface area contributed by atoms with Gasteiger partial charge in [0, 0.05) is 0 Å². The molecule has 23 heavy (non-hydrogen) atoms. The summed E-state index contributed by atoms with van der Waals surface area (Å²) in [6, 6.07) is 11.1. The van der Waals surface area contributed by atoms with Gasteiger partial charge in [0.2, 0.25) is 0 Å². The molecule has 3 N–H and O–H groups in total. The Bertz CT molecular complexity index is 861. The second kappa shape index (κ2) is 5.84. The van der Waals surface area contributed by atoms with Crippen molar-refractivity contribution in [2.24, 2.45) is 0 Å². The van der Waals surface area contributed by atoms with Crippen LogP contribution in [0.15, 0.2) is 48.5 Å². The molecule has 0 aliphatic carbocycles. The minimum absolute atomic E-state index is 0.00762. The topological polar surface area (TPSA) is 85.8 Å². The Hall–Kier alpha value is -3.29. The van der Waals surface area contributed by atoms with E-state index in [0.717, 1.165) is 0 Å². The number of aromatic nitrogens is 3. The highest BCUT2D eigenvalue weighted by molar-refractivity contribution is 6.05. The molecule has 0 atom stereocenters. The average Bonchev–Trinajstić information content (AvgIpc) is 2.92. The maximum Gasteiger partial charge on any atom is 0.280 e. The molecule has 0 spiro atoms. The quantitative estimate of drug-likeness (QED) is 0.777. The van der Waals surface area contributed by atoms with Crippen LogP contribution in [0.5, 0.6) is 0 Å². The third kappa shape index (κ3) is 2.86. The Balaban J connectivity index is 1.88. The number of anilines is 2. The summed E-state index contributed by atoms with van der Waals surface area (Å²) < 4.78 is 27.7. The number of nitrogens with one attached hydrogen (secondary N) is 1. The van der Waals surface area contributed by atoms with Gasteiger partial charge in [0.25, 0.3) is 5.91 Å². The molecule has 3 rings (SSSR count). The lowest BCUT2D eigenvalue weighted by molar-refractivity contribution is 0.102. The highest BCUT2D eigenvalue weighted by atomic mass is 19.1. The maximum absolute atomic E-state index is 13.6. The van der Waals surface area contributed by atoms with E-state index in [4.69, 9.17) is 5.73 Å². The number of rotatable bonds is 3. The SMILES string of the molecule is Nc1c(C(=O)Nc2ccccc2F)nnn1-c1ccc(F)cc1. The monoisotopic (exact) mass is 315 g/mol. The van der Waals surface area contributed by atoms with Crippen LogP contribution >= 0.6 is 0 Å². The molecular weight excluding hydrogens is 304 g/mol. The van der Waals surface area contributed by atoms with Crippen LogP contribution in [-0.4, -0.2) is 20.9 Å². The first-order valence-corrected chi connectivity index (χ1v) is 6.59. The molecule has 116 valence electrons. The van der Waals surface area contributed by atoms with Crippen molar-refractivity contribution in [3.05, 3.63) is 65.9 Å². The second-order valence-corrected chi connectivity index (χ2v) is 4.65. The van der Waals surface area contributed by atoms with E-state index in [1.165, 1.54) is 47.1 Å². The molecule has 1 heterocycles. The summed E-state index contributed by atoms with van der Waals surface area (Å²) in [6.07, 6.45) is 0. The summed E-state index contributed by atoms with van der Waals surface area (Å²) in [7, 11) is 0. The molecule has 0 fully saturated rings. The van der Waals surface area contributed by atoms with Gasteiger partial charge in [0.1, 0.15) is 11.6 Å². The van der Waals surface area contributed by atoms with E-state index in [1.54, 1.807) is 6.07 Å². The normalized spacial score (nSPS) is 10.5. The minimum Gasteiger partial charge on any atom is -0.382 e. The fourth-order valence-electron chi connectivity index (χ4n) is 1.97. The van der Waals surface area contributed by atoms with Crippen LogP contribution in [0.4, 0.5) is 20.3 Å².